The molecule has 0 saturated carbocycles. The largest absolute Gasteiger partial charge is 0.462 e. The van der Waals surface area contributed by atoms with Crippen molar-refractivity contribution in [2.24, 2.45) is 0 Å². The molecule has 0 spiro atoms. The van der Waals surface area contributed by atoms with Crippen molar-refractivity contribution < 1.29 is 28.6 Å². The highest BCUT2D eigenvalue weighted by Crippen LogP contribution is 2.14. The van der Waals surface area contributed by atoms with Gasteiger partial charge in [0.05, 0.1) is 0 Å². The maximum Gasteiger partial charge on any atom is 0.306 e. The molecule has 0 aromatic rings. The van der Waals surface area contributed by atoms with Gasteiger partial charge in [-0.3, -0.25) is 14.4 Å². The van der Waals surface area contributed by atoms with E-state index < -0.39 is 6.10 Å². The quantitative estimate of drug-likeness (QED) is 0.0263. The molecule has 0 aromatic heterocycles. The number of unbranched alkanes of at least 4 members (excludes halogenated alkanes) is 28. The summed E-state index contributed by atoms with van der Waals surface area (Å²) in [6.45, 7) is 6.57. The van der Waals surface area contributed by atoms with E-state index in [2.05, 4.69) is 69.4 Å². The second kappa shape index (κ2) is 50.0. The molecule has 0 aliphatic carbocycles. The first-order valence-electron chi connectivity index (χ1n) is 26.1. The molecule has 0 N–H and O–H groups in total. The monoisotopic (exact) mass is 855 g/mol. The Balaban J connectivity index is 4.40. The van der Waals surface area contributed by atoms with E-state index in [0.717, 1.165) is 83.5 Å². The van der Waals surface area contributed by atoms with E-state index in [9.17, 15) is 14.4 Å². The normalized spacial score (nSPS) is 11.9. The van der Waals surface area contributed by atoms with E-state index in [0.29, 0.717) is 19.3 Å². The zero-order valence-corrected chi connectivity index (χ0v) is 40.4. The fourth-order valence-electron chi connectivity index (χ4n) is 7.28. The van der Waals surface area contributed by atoms with Gasteiger partial charge in [-0.2, -0.15) is 0 Å². The van der Waals surface area contributed by atoms with Gasteiger partial charge in [0.1, 0.15) is 13.2 Å². The summed E-state index contributed by atoms with van der Waals surface area (Å²) in [7, 11) is 0. The van der Waals surface area contributed by atoms with Crippen LogP contribution in [0.3, 0.4) is 0 Å². The summed E-state index contributed by atoms with van der Waals surface area (Å²) < 4.78 is 16.8. The third-order valence-corrected chi connectivity index (χ3v) is 11.3. The number of ether oxygens (including phenoxy) is 3. The molecule has 0 unspecified atom stereocenters. The minimum absolute atomic E-state index is 0.0826. The van der Waals surface area contributed by atoms with Gasteiger partial charge in [0, 0.05) is 19.3 Å². The molecule has 354 valence electrons. The van der Waals surface area contributed by atoms with Crippen molar-refractivity contribution in [2.75, 3.05) is 13.2 Å². The molecule has 0 bridgehead atoms. The molecule has 6 nitrogen and oxygen atoms in total. The van der Waals surface area contributed by atoms with Crippen molar-refractivity contribution in [3.05, 3.63) is 48.6 Å². The molecular formula is C55H98O6. The Bertz CT molecular complexity index is 1020. The lowest BCUT2D eigenvalue weighted by molar-refractivity contribution is -0.167. The van der Waals surface area contributed by atoms with Crippen LogP contribution in [0.25, 0.3) is 0 Å². The van der Waals surface area contributed by atoms with Crippen LogP contribution in [0.15, 0.2) is 48.6 Å². The van der Waals surface area contributed by atoms with Crippen LogP contribution >= 0.6 is 0 Å². The highest BCUT2D eigenvalue weighted by atomic mass is 16.6. The van der Waals surface area contributed by atoms with Crippen LogP contribution in [0.5, 0.6) is 0 Å². The summed E-state index contributed by atoms with van der Waals surface area (Å²) in [5.74, 6) is -0.901. The van der Waals surface area contributed by atoms with Crippen LogP contribution in [0.2, 0.25) is 0 Å². The van der Waals surface area contributed by atoms with Crippen molar-refractivity contribution in [1.82, 2.24) is 0 Å². The predicted molar refractivity (Wildman–Crippen MR) is 261 cm³/mol. The van der Waals surface area contributed by atoms with E-state index >= 15 is 0 Å². The van der Waals surface area contributed by atoms with Gasteiger partial charge in [-0.1, -0.05) is 191 Å². The van der Waals surface area contributed by atoms with Gasteiger partial charge in [0.25, 0.3) is 0 Å². The molecule has 0 heterocycles. The maximum atomic E-state index is 12.8. The molecule has 0 rings (SSSR count). The van der Waals surface area contributed by atoms with E-state index in [4.69, 9.17) is 14.2 Å². The SMILES string of the molecule is CCCCC/C=C\C/C=C\CCCCCCCCCC(=O)OC(COC(=O)CCCCCCC/C=C\CCCCCC)COC(=O)CCCCCCC/C=C\CCCCCC. The van der Waals surface area contributed by atoms with E-state index in [1.165, 1.54) is 141 Å². The summed E-state index contributed by atoms with van der Waals surface area (Å²) in [6, 6.07) is 0. The molecule has 0 aliphatic heterocycles. The van der Waals surface area contributed by atoms with E-state index in [1.54, 1.807) is 0 Å². The molecule has 0 radical (unpaired) electrons. The van der Waals surface area contributed by atoms with Crippen molar-refractivity contribution in [3.63, 3.8) is 0 Å². The Labute approximate surface area is 378 Å². The maximum absolute atomic E-state index is 12.8. The van der Waals surface area contributed by atoms with Crippen LogP contribution in [-0.2, 0) is 28.6 Å². The Hall–Kier alpha value is -2.63. The van der Waals surface area contributed by atoms with Crippen molar-refractivity contribution in [2.45, 2.75) is 271 Å². The van der Waals surface area contributed by atoms with Gasteiger partial charge in [-0.25, -0.2) is 0 Å². The van der Waals surface area contributed by atoms with Gasteiger partial charge in [0.15, 0.2) is 6.10 Å². The van der Waals surface area contributed by atoms with Crippen LogP contribution in [0, 0.1) is 0 Å². The van der Waals surface area contributed by atoms with Gasteiger partial charge in [-0.05, 0) is 103 Å². The molecule has 6 heteroatoms. The first kappa shape index (κ1) is 58.4. The third-order valence-electron chi connectivity index (χ3n) is 11.3. The summed E-state index contributed by atoms with van der Waals surface area (Å²) >= 11 is 0. The van der Waals surface area contributed by atoms with Gasteiger partial charge < -0.3 is 14.2 Å². The number of hydrogen-bond donors (Lipinski definition) is 0. The predicted octanol–water partition coefficient (Wildman–Crippen LogP) is 17.1. The van der Waals surface area contributed by atoms with Gasteiger partial charge >= 0.3 is 17.9 Å². The molecule has 0 atom stereocenters. The molecule has 0 saturated heterocycles. The standard InChI is InChI=1S/C55H98O6/c1-4-7-10-13-16-19-22-25-26-27-28-31-34-37-40-43-46-49-55(58)61-52(50-59-53(56)47-44-41-38-35-32-29-23-20-17-14-11-8-5-2)51-60-54(57)48-45-42-39-36-33-30-24-21-18-15-12-9-6-3/h16,19-21,23-26,52H,4-15,17-18,22,27-51H2,1-3H3/b19-16-,23-20-,24-21-,26-25-. The van der Waals surface area contributed by atoms with E-state index in [-0.39, 0.29) is 31.1 Å². The van der Waals surface area contributed by atoms with Crippen molar-refractivity contribution in [3.8, 4) is 0 Å². The average Bonchev–Trinajstić information content (AvgIpc) is 3.26. The van der Waals surface area contributed by atoms with Crippen LogP contribution in [0.1, 0.15) is 265 Å². The Morgan fingerprint density at radius 1 is 0.328 bits per heavy atom. The smallest absolute Gasteiger partial charge is 0.306 e. The minimum Gasteiger partial charge on any atom is -0.462 e. The molecule has 0 amide bonds. The summed E-state index contributed by atoms with van der Waals surface area (Å²) in [4.78, 5) is 38.0. The fourth-order valence-corrected chi connectivity index (χ4v) is 7.28. The lowest BCUT2D eigenvalue weighted by Gasteiger charge is -2.18. The van der Waals surface area contributed by atoms with Gasteiger partial charge in [0.2, 0.25) is 0 Å². The molecule has 61 heavy (non-hydrogen) atoms. The zero-order valence-electron chi connectivity index (χ0n) is 40.4. The molecule has 0 aromatic carbocycles. The Morgan fingerprint density at radius 3 is 0.951 bits per heavy atom. The number of hydrogen-bond acceptors (Lipinski definition) is 6. The first-order chi connectivity index (χ1) is 30.0. The molecule has 0 aliphatic rings. The van der Waals surface area contributed by atoms with E-state index in [1.807, 2.05) is 0 Å². The third kappa shape index (κ3) is 48.3. The zero-order chi connectivity index (χ0) is 44.4. The summed E-state index contributed by atoms with van der Waals surface area (Å²) in [5, 5.41) is 0. The second-order valence-corrected chi connectivity index (χ2v) is 17.4. The molecule has 0 fully saturated rings. The average molecular weight is 855 g/mol. The summed E-state index contributed by atoms with van der Waals surface area (Å²) in [6.07, 6.45) is 59.4. The first-order valence-corrected chi connectivity index (χ1v) is 26.1. The topological polar surface area (TPSA) is 78.9 Å². The summed E-state index contributed by atoms with van der Waals surface area (Å²) in [5.41, 5.74) is 0. The Morgan fingerprint density at radius 2 is 0.590 bits per heavy atom. The minimum atomic E-state index is -0.782. The lowest BCUT2D eigenvalue weighted by atomic mass is 10.1. The number of rotatable bonds is 47. The number of esters is 3. The van der Waals surface area contributed by atoms with Crippen molar-refractivity contribution in [1.29, 1.82) is 0 Å². The second-order valence-electron chi connectivity index (χ2n) is 17.4. The fraction of sp³-hybridized carbons (Fsp3) is 0.800. The van der Waals surface area contributed by atoms with Crippen molar-refractivity contribution >= 4 is 17.9 Å². The Kier molecular flexibility index (Phi) is 47.9. The van der Waals surface area contributed by atoms with Crippen LogP contribution in [0.4, 0.5) is 0 Å². The number of allylic oxidation sites excluding steroid dienone is 8. The van der Waals surface area contributed by atoms with Crippen LogP contribution < -0.4 is 0 Å². The highest BCUT2D eigenvalue weighted by Gasteiger charge is 2.19. The van der Waals surface area contributed by atoms with Crippen LogP contribution in [-0.4, -0.2) is 37.2 Å². The molecular weight excluding hydrogens is 757 g/mol. The highest BCUT2D eigenvalue weighted by molar-refractivity contribution is 5.71. The lowest BCUT2D eigenvalue weighted by Crippen LogP contribution is -2.30. The number of carbonyl (C=O) groups excluding carboxylic acids is 3. The number of carbonyl (C=O) groups is 3. The van der Waals surface area contributed by atoms with Gasteiger partial charge in [-0.15, -0.1) is 0 Å².